The maximum atomic E-state index is 11.5. The van der Waals surface area contributed by atoms with Gasteiger partial charge in [-0.2, -0.15) is 0 Å². The van der Waals surface area contributed by atoms with Crippen LogP contribution in [-0.4, -0.2) is 30.3 Å². The Labute approximate surface area is 92.8 Å². The van der Waals surface area contributed by atoms with Crippen LogP contribution in [0.5, 0.6) is 5.75 Å². The summed E-state index contributed by atoms with van der Waals surface area (Å²) in [5, 5.41) is 2.47. The number of carbonyl (C=O) groups excluding carboxylic acids is 2. The molecule has 5 nitrogen and oxygen atoms in total. The van der Waals surface area contributed by atoms with Gasteiger partial charge in [-0.15, -0.1) is 0 Å². The maximum absolute atomic E-state index is 11.5. The summed E-state index contributed by atoms with van der Waals surface area (Å²) in [5.74, 6) is -0.0568. The number of amides is 1. The summed E-state index contributed by atoms with van der Waals surface area (Å²) >= 11 is 0. The van der Waals surface area contributed by atoms with Crippen LogP contribution in [0, 0.1) is 0 Å². The summed E-state index contributed by atoms with van der Waals surface area (Å²) in [7, 11) is 1.51. The third kappa shape index (κ3) is 2.03. The molecule has 0 aliphatic heterocycles. The van der Waals surface area contributed by atoms with Gasteiger partial charge in [0.15, 0.2) is 17.7 Å². The zero-order valence-electron chi connectivity index (χ0n) is 8.90. The van der Waals surface area contributed by atoms with Gasteiger partial charge in [0.1, 0.15) is 0 Å². The first-order valence-electron chi connectivity index (χ1n) is 5.09. The van der Waals surface area contributed by atoms with E-state index in [9.17, 15) is 9.59 Å². The van der Waals surface area contributed by atoms with E-state index in [4.69, 9.17) is 4.74 Å². The molecule has 2 rings (SSSR count). The van der Waals surface area contributed by atoms with Crippen molar-refractivity contribution in [2.75, 3.05) is 7.05 Å². The molecule has 0 atom stereocenters. The molecule has 1 N–H and O–H groups in total. The fourth-order valence-electron chi connectivity index (χ4n) is 1.31. The van der Waals surface area contributed by atoms with Crippen LogP contribution in [0.4, 0.5) is 0 Å². The standard InChI is InChI=1S/C11H12N2O3/c1-12-11(15)9-10(16-8-2-3-8)7(6-14)4-5-13-9/h4-6,8H,2-3H2,1H3,(H,12,15). The predicted octanol–water partition coefficient (Wildman–Crippen LogP) is 0.795. The minimum Gasteiger partial charge on any atom is -0.487 e. The number of nitrogens with zero attached hydrogens (tertiary/aromatic N) is 1. The van der Waals surface area contributed by atoms with Gasteiger partial charge >= 0.3 is 0 Å². The summed E-state index contributed by atoms with van der Waals surface area (Å²) in [4.78, 5) is 26.3. The summed E-state index contributed by atoms with van der Waals surface area (Å²) in [6, 6.07) is 1.54. The molecule has 1 heterocycles. The van der Waals surface area contributed by atoms with Crippen LogP contribution >= 0.6 is 0 Å². The molecule has 1 saturated carbocycles. The lowest BCUT2D eigenvalue weighted by Gasteiger charge is -2.10. The number of rotatable bonds is 4. The van der Waals surface area contributed by atoms with E-state index in [1.165, 1.54) is 19.3 Å². The van der Waals surface area contributed by atoms with Crippen molar-refractivity contribution in [3.8, 4) is 5.75 Å². The van der Waals surface area contributed by atoms with Crippen molar-refractivity contribution in [2.45, 2.75) is 18.9 Å². The number of carbonyl (C=O) groups is 2. The maximum Gasteiger partial charge on any atom is 0.273 e. The van der Waals surface area contributed by atoms with Gasteiger partial charge in [-0.3, -0.25) is 9.59 Å². The molecule has 1 aromatic heterocycles. The average Bonchev–Trinajstić information content (AvgIpc) is 3.12. The number of nitrogens with one attached hydrogen (secondary N) is 1. The number of aromatic nitrogens is 1. The van der Waals surface area contributed by atoms with Gasteiger partial charge in [0.25, 0.3) is 5.91 Å². The van der Waals surface area contributed by atoms with Crippen LogP contribution in [0.25, 0.3) is 0 Å². The molecule has 0 bridgehead atoms. The third-order valence-corrected chi connectivity index (χ3v) is 2.31. The van der Waals surface area contributed by atoms with E-state index >= 15 is 0 Å². The Balaban J connectivity index is 2.40. The molecule has 84 valence electrons. The molecule has 0 unspecified atom stereocenters. The first-order valence-corrected chi connectivity index (χ1v) is 5.09. The molecule has 1 amide bonds. The van der Waals surface area contributed by atoms with Crippen LogP contribution in [0.1, 0.15) is 33.7 Å². The molecule has 1 aliphatic carbocycles. The van der Waals surface area contributed by atoms with Gasteiger partial charge in [-0.05, 0) is 18.9 Å². The molecule has 1 aliphatic rings. The van der Waals surface area contributed by atoms with Gasteiger partial charge in [0, 0.05) is 13.2 Å². The number of ether oxygens (including phenoxy) is 1. The Kier molecular flexibility index (Phi) is 2.85. The fraction of sp³-hybridized carbons (Fsp3) is 0.364. The van der Waals surface area contributed by atoms with Crippen molar-refractivity contribution >= 4 is 12.2 Å². The van der Waals surface area contributed by atoms with E-state index in [1.807, 2.05) is 0 Å². The van der Waals surface area contributed by atoms with E-state index in [1.54, 1.807) is 0 Å². The molecule has 0 radical (unpaired) electrons. The van der Waals surface area contributed by atoms with Gasteiger partial charge in [-0.25, -0.2) is 4.98 Å². The minimum absolute atomic E-state index is 0.117. The Hall–Kier alpha value is -1.91. The highest BCUT2D eigenvalue weighted by Gasteiger charge is 2.27. The summed E-state index contributed by atoms with van der Waals surface area (Å²) < 4.78 is 5.55. The molecule has 1 fully saturated rings. The molecule has 0 saturated heterocycles. The van der Waals surface area contributed by atoms with Crippen LogP contribution in [0.3, 0.4) is 0 Å². The van der Waals surface area contributed by atoms with Gasteiger partial charge in [0.05, 0.1) is 11.7 Å². The van der Waals surface area contributed by atoms with E-state index in [0.29, 0.717) is 17.6 Å². The van der Waals surface area contributed by atoms with E-state index in [-0.39, 0.29) is 17.7 Å². The number of aldehydes is 1. The smallest absolute Gasteiger partial charge is 0.273 e. The van der Waals surface area contributed by atoms with E-state index in [0.717, 1.165) is 12.8 Å². The third-order valence-electron chi connectivity index (χ3n) is 2.31. The number of pyridine rings is 1. The second-order valence-corrected chi connectivity index (χ2v) is 3.59. The molecule has 5 heteroatoms. The topological polar surface area (TPSA) is 68.3 Å². The van der Waals surface area contributed by atoms with Crippen LogP contribution in [-0.2, 0) is 0 Å². The summed E-state index contributed by atoms with van der Waals surface area (Å²) in [6.07, 6.45) is 4.13. The molecule has 1 aromatic rings. The first kappa shape index (κ1) is 10.6. The van der Waals surface area contributed by atoms with Crippen molar-refractivity contribution in [1.82, 2.24) is 10.3 Å². The van der Waals surface area contributed by atoms with Crippen LogP contribution in [0.2, 0.25) is 0 Å². The first-order chi connectivity index (χ1) is 7.76. The second-order valence-electron chi connectivity index (χ2n) is 3.59. The fourth-order valence-corrected chi connectivity index (χ4v) is 1.31. The average molecular weight is 220 g/mol. The quantitative estimate of drug-likeness (QED) is 0.762. The minimum atomic E-state index is -0.348. The van der Waals surface area contributed by atoms with Crippen molar-refractivity contribution in [1.29, 1.82) is 0 Å². The van der Waals surface area contributed by atoms with Crippen molar-refractivity contribution in [2.24, 2.45) is 0 Å². The Morgan fingerprint density at radius 2 is 2.38 bits per heavy atom. The molecule has 0 aromatic carbocycles. The molecule has 16 heavy (non-hydrogen) atoms. The Bertz CT molecular complexity index is 427. The summed E-state index contributed by atoms with van der Waals surface area (Å²) in [5.41, 5.74) is 0.527. The molecular formula is C11H12N2O3. The van der Waals surface area contributed by atoms with Crippen LogP contribution < -0.4 is 10.1 Å². The lowest BCUT2D eigenvalue weighted by Crippen LogP contribution is -2.21. The van der Waals surface area contributed by atoms with Gasteiger partial charge in [0.2, 0.25) is 0 Å². The van der Waals surface area contributed by atoms with E-state index in [2.05, 4.69) is 10.3 Å². The highest BCUT2D eigenvalue weighted by atomic mass is 16.5. The molecular weight excluding hydrogens is 208 g/mol. The highest BCUT2D eigenvalue weighted by Crippen LogP contribution is 2.30. The lowest BCUT2D eigenvalue weighted by atomic mass is 10.2. The summed E-state index contributed by atoms with van der Waals surface area (Å²) in [6.45, 7) is 0. The SMILES string of the molecule is CNC(=O)c1nccc(C=O)c1OC1CC1. The van der Waals surface area contributed by atoms with Crippen molar-refractivity contribution in [3.63, 3.8) is 0 Å². The normalized spacial score (nSPS) is 14.3. The van der Waals surface area contributed by atoms with E-state index < -0.39 is 0 Å². The zero-order valence-corrected chi connectivity index (χ0v) is 8.90. The van der Waals surface area contributed by atoms with Crippen molar-refractivity contribution in [3.05, 3.63) is 23.5 Å². The second kappa shape index (κ2) is 4.30. The van der Waals surface area contributed by atoms with Crippen LogP contribution in [0.15, 0.2) is 12.3 Å². The van der Waals surface area contributed by atoms with Gasteiger partial charge in [-0.1, -0.05) is 0 Å². The Morgan fingerprint density at radius 3 is 2.94 bits per heavy atom. The molecule has 0 spiro atoms. The lowest BCUT2D eigenvalue weighted by molar-refractivity contribution is 0.0953. The highest BCUT2D eigenvalue weighted by molar-refractivity contribution is 5.97. The van der Waals surface area contributed by atoms with Crippen molar-refractivity contribution < 1.29 is 14.3 Å². The zero-order chi connectivity index (χ0) is 11.5. The van der Waals surface area contributed by atoms with Gasteiger partial charge < -0.3 is 10.1 Å². The predicted molar refractivity (Wildman–Crippen MR) is 56.7 cm³/mol. The largest absolute Gasteiger partial charge is 0.487 e. The number of hydrogen-bond acceptors (Lipinski definition) is 4. The Morgan fingerprint density at radius 1 is 1.62 bits per heavy atom. The monoisotopic (exact) mass is 220 g/mol. The number of hydrogen-bond donors (Lipinski definition) is 1.